The number of hydrogen-bond donors (Lipinski definition) is 0. The van der Waals surface area contributed by atoms with Crippen LogP contribution in [0.1, 0.15) is 83.9 Å². The van der Waals surface area contributed by atoms with Gasteiger partial charge in [-0.25, -0.2) is 8.51 Å². The summed E-state index contributed by atoms with van der Waals surface area (Å²) >= 11 is 0. The smallest absolute Gasteiger partial charge is 0.107 e. The van der Waals surface area contributed by atoms with Crippen molar-refractivity contribution in [2.24, 2.45) is 0 Å². The molecule has 1 aliphatic rings. The molecular weight excluding hydrogens is 304 g/mol. The first-order valence-electron chi connectivity index (χ1n) is 9.23. The Balaban J connectivity index is 0.00000127. The molecule has 3 nitrogen and oxygen atoms in total. The minimum atomic E-state index is -0.977. The highest BCUT2D eigenvalue weighted by atomic mass is 32.2. The van der Waals surface area contributed by atoms with Crippen molar-refractivity contribution in [2.45, 2.75) is 83.9 Å². The molecule has 2 rings (SSSR count). The molecule has 2 atom stereocenters. The molecule has 0 aliphatic carbocycles. The number of aromatic nitrogens is 1. The lowest BCUT2D eigenvalue weighted by atomic mass is 9.88. The summed E-state index contributed by atoms with van der Waals surface area (Å²) in [5.74, 6) is 0. The Morgan fingerprint density at radius 3 is 2.57 bits per heavy atom. The van der Waals surface area contributed by atoms with Crippen LogP contribution in [0.25, 0.3) is 0 Å². The van der Waals surface area contributed by atoms with E-state index in [0.29, 0.717) is 0 Å². The lowest BCUT2D eigenvalue weighted by molar-refractivity contribution is 0.391. The van der Waals surface area contributed by atoms with E-state index >= 15 is 0 Å². The van der Waals surface area contributed by atoms with Crippen LogP contribution in [-0.2, 0) is 22.3 Å². The van der Waals surface area contributed by atoms with Gasteiger partial charge in [0, 0.05) is 19.8 Å². The number of rotatable bonds is 7. The molecule has 1 aromatic rings. The molecule has 1 aliphatic heterocycles. The van der Waals surface area contributed by atoms with Crippen molar-refractivity contribution in [1.29, 1.82) is 0 Å². The van der Waals surface area contributed by atoms with E-state index < -0.39 is 11.0 Å². The van der Waals surface area contributed by atoms with Crippen LogP contribution >= 0.6 is 0 Å². The normalized spacial score (nSPS) is 23.8. The Morgan fingerprint density at radius 2 is 1.91 bits per heavy atom. The summed E-state index contributed by atoms with van der Waals surface area (Å²) in [5.41, 5.74) is 2.35. The molecule has 23 heavy (non-hydrogen) atoms. The van der Waals surface area contributed by atoms with Crippen LogP contribution in [0.5, 0.6) is 0 Å². The van der Waals surface area contributed by atoms with Crippen molar-refractivity contribution >= 4 is 11.0 Å². The van der Waals surface area contributed by atoms with Crippen LogP contribution in [0.4, 0.5) is 0 Å². The van der Waals surface area contributed by atoms with Gasteiger partial charge in [-0.15, -0.1) is 0 Å². The molecular formula is C19H34N2OS. The van der Waals surface area contributed by atoms with Crippen LogP contribution in [-0.4, -0.2) is 20.5 Å². The van der Waals surface area contributed by atoms with Crippen LogP contribution in [0, 0.1) is 0 Å². The second kappa shape index (κ2) is 10.2. The Hall–Kier alpha value is -0.740. The highest BCUT2D eigenvalue weighted by molar-refractivity contribution is 7.83. The third-order valence-corrected chi connectivity index (χ3v) is 6.39. The van der Waals surface area contributed by atoms with Gasteiger partial charge in [-0.3, -0.25) is 4.98 Å². The van der Waals surface area contributed by atoms with Crippen molar-refractivity contribution in [3.63, 3.8) is 0 Å². The van der Waals surface area contributed by atoms with E-state index in [1.165, 1.54) is 24.8 Å². The van der Waals surface area contributed by atoms with E-state index in [9.17, 15) is 4.21 Å². The molecule has 2 unspecified atom stereocenters. The molecule has 2 heterocycles. The van der Waals surface area contributed by atoms with Gasteiger partial charge in [-0.1, -0.05) is 65.9 Å². The number of fused-ring (bicyclic) bond motifs is 1. The SMILES string of the molecule is CC.CCCCCCC1(CCC)c2ncccc2CN(C)S1=O. The van der Waals surface area contributed by atoms with Crippen molar-refractivity contribution in [3.8, 4) is 0 Å². The molecule has 0 bridgehead atoms. The maximum absolute atomic E-state index is 13.1. The predicted molar refractivity (Wildman–Crippen MR) is 101 cm³/mol. The van der Waals surface area contributed by atoms with E-state index in [1.807, 2.05) is 37.5 Å². The summed E-state index contributed by atoms with van der Waals surface area (Å²) in [6, 6.07) is 4.14. The van der Waals surface area contributed by atoms with Gasteiger partial charge in [0.1, 0.15) is 15.7 Å². The topological polar surface area (TPSA) is 33.2 Å². The average Bonchev–Trinajstić information content (AvgIpc) is 2.58. The second-order valence-electron chi connectivity index (χ2n) is 6.10. The van der Waals surface area contributed by atoms with E-state index in [4.69, 9.17) is 0 Å². The molecule has 0 aromatic carbocycles. The summed E-state index contributed by atoms with van der Waals surface area (Å²) in [5, 5.41) is 0. The summed E-state index contributed by atoms with van der Waals surface area (Å²) in [6.45, 7) is 9.16. The maximum atomic E-state index is 13.1. The fraction of sp³-hybridized carbons (Fsp3) is 0.737. The Kier molecular flexibility index (Phi) is 9.00. The zero-order valence-electron chi connectivity index (χ0n) is 15.6. The molecule has 0 radical (unpaired) electrons. The van der Waals surface area contributed by atoms with Gasteiger partial charge in [0.05, 0.1) is 5.69 Å². The third kappa shape index (κ3) is 4.63. The molecule has 132 valence electrons. The molecule has 0 saturated carbocycles. The number of pyridine rings is 1. The predicted octanol–water partition coefficient (Wildman–Crippen LogP) is 5.18. The van der Waals surface area contributed by atoms with Crippen LogP contribution in [0.15, 0.2) is 18.3 Å². The van der Waals surface area contributed by atoms with Crippen molar-refractivity contribution in [3.05, 3.63) is 29.6 Å². The fourth-order valence-corrected chi connectivity index (χ4v) is 5.33. The number of hydrogen-bond acceptors (Lipinski definition) is 2. The summed E-state index contributed by atoms with van der Waals surface area (Å²) < 4.78 is 14.8. The summed E-state index contributed by atoms with van der Waals surface area (Å²) in [7, 11) is 0.998. The first-order chi connectivity index (χ1) is 11.2. The number of unbranched alkanes of at least 4 members (excludes halogenated alkanes) is 3. The maximum Gasteiger partial charge on any atom is 0.107 e. The van der Waals surface area contributed by atoms with Crippen molar-refractivity contribution < 1.29 is 4.21 Å². The molecule has 4 heteroatoms. The van der Waals surface area contributed by atoms with Crippen LogP contribution in [0.3, 0.4) is 0 Å². The van der Waals surface area contributed by atoms with Crippen LogP contribution in [0.2, 0.25) is 0 Å². The standard InChI is InChI=1S/C17H28N2OS.C2H6/c1-4-6-7-8-12-17(11-5-2)16-15(10-9-13-18-16)14-19(3)21(17)20;1-2/h9-10,13H,4-8,11-12,14H2,1-3H3;1-2H3. The first kappa shape index (κ1) is 20.3. The Labute approximate surface area is 145 Å². The highest BCUT2D eigenvalue weighted by Gasteiger charge is 2.45. The molecule has 0 amide bonds. The summed E-state index contributed by atoms with van der Waals surface area (Å²) in [4.78, 5) is 4.66. The third-order valence-electron chi connectivity index (χ3n) is 4.42. The van der Waals surface area contributed by atoms with Gasteiger partial charge in [0.2, 0.25) is 0 Å². The molecule has 0 spiro atoms. The molecule has 0 fully saturated rings. The van der Waals surface area contributed by atoms with Gasteiger partial charge >= 0.3 is 0 Å². The zero-order chi connectivity index (χ0) is 17.3. The van der Waals surface area contributed by atoms with Gasteiger partial charge in [0.25, 0.3) is 0 Å². The van der Waals surface area contributed by atoms with Gasteiger partial charge in [-0.05, 0) is 24.5 Å². The lowest BCUT2D eigenvalue weighted by Crippen LogP contribution is -2.45. The largest absolute Gasteiger partial charge is 0.259 e. The van der Waals surface area contributed by atoms with Crippen molar-refractivity contribution in [2.75, 3.05) is 7.05 Å². The minimum absolute atomic E-state index is 0.272. The van der Waals surface area contributed by atoms with E-state index in [1.54, 1.807) is 0 Å². The average molecular weight is 339 g/mol. The fourth-order valence-electron chi connectivity index (χ4n) is 3.43. The van der Waals surface area contributed by atoms with E-state index in [2.05, 4.69) is 24.9 Å². The van der Waals surface area contributed by atoms with E-state index in [-0.39, 0.29) is 4.75 Å². The van der Waals surface area contributed by atoms with E-state index in [0.717, 1.165) is 37.9 Å². The highest BCUT2D eigenvalue weighted by Crippen LogP contribution is 2.43. The monoisotopic (exact) mass is 338 g/mol. The summed E-state index contributed by atoms with van der Waals surface area (Å²) in [6.07, 6.45) is 9.72. The van der Waals surface area contributed by atoms with Crippen LogP contribution < -0.4 is 0 Å². The van der Waals surface area contributed by atoms with Gasteiger partial charge in [0.15, 0.2) is 0 Å². The number of nitrogens with zero attached hydrogens (tertiary/aromatic N) is 2. The minimum Gasteiger partial charge on any atom is -0.259 e. The lowest BCUT2D eigenvalue weighted by Gasteiger charge is -2.41. The van der Waals surface area contributed by atoms with Gasteiger partial charge < -0.3 is 0 Å². The Morgan fingerprint density at radius 1 is 1.17 bits per heavy atom. The van der Waals surface area contributed by atoms with Crippen molar-refractivity contribution in [1.82, 2.24) is 9.29 Å². The molecule has 0 saturated heterocycles. The van der Waals surface area contributed by atoms with Gasteiger partial charge in [-0.2, -0.15) is 0 Å². The zero-order valence-corrected chi connectivity index (χ0v) is 16.4. The first-order valence-corrected chi connectivity index (χ1v) is 10.3. The molecule has 0 N–H and O–H groups in total. The second-order valence-corrected chi connectivity index (χ2v) is 8.00. The quantitative estimate of drug-likeness (QED) is 0.642. The molecule has 1 aromatic heterocycles. The Bertz CT molecular complexity index is 492.